The van der Waals surface area contributed by atoms with Gasteiger partial charge in [-0.1, -0.05) is 66.7 Å². The molecule has 37 heavy (non-hydrogen) atoms. The summed E-state index contributed by atoms with van der Waals surface area (Å²) in [5.74, 6) is 0.610. The highest BCUT2D eigenvalue weighted by Gasteiger charge is 2.57. The maximum Gasteiger partial charge on any atom is 0.327 e. The van der Waals surface area contributed by atoms with E-state index < -0.39 is 6.04 Å². The first-order valence-corrected chi connectivity index (χ1v) is 12.5. The molecule has 2 heterocycles. The summed E-state index contributed by atoms with van der Waals surface area (Å²) in [4.78, 5) is 44.5. The van der Waals surface area contributed by atoms with Gasteiger partial charge in [-0.15, -0.1) is 0 Å². The second kappa shape index (κ2) is 9.28. The summed E-state index contributed by atoms with van der Waals surface area (Å²) in [5.41, 5.74) is 3.64. The minimum absolute atomic E-state index is 0.0688. The number of carbonyl (C=O) groups excluding carboxylic acids is 3. The van der Waals surface area contributed by atoms with Gasteiger partial charge in [0.2, 0.25) is 0 Å². The van der Waals surface area contributed by atoms with Gasteiger partial charge in [0.15, 0.2) is 0 Å². The third kappa shape index (κ3) is 4.08. The molecule has 0 spiro atoms. The van der Waals surface area contributed by atoms with Gasteiger partial charge in [-0.2, -0.15) is 0 Å². The van der Waals surface area contributed by atoms with Crippen LogP contribution in [-0.4, -0.2) is 71.5 Å². The SMILES string of the molecule is COc1ccccc1C1CC1N1C(=O)[C@@H]2CN(C(=O)Nc3ccccc3-c3ccccc3)CCN2C1=O. The molecule has 0 bridgehead atoms. The highest BCUT2D eigenvalue weighted by Crippen LogP contribution is 2.49. The van der Waals surface area contributed by atoms with Gasteiger partial charge in [0.25, 0.3) is 5.91 Å². The van der Waals surface area contributed by atoms with E-state index in [1.165, 1.54) is 4.90 Å². The van der Waals surface area contributed by atoms with Crippen molar-refractivity contribution in [2.24, 2.45) is 0 Å². The van der Waals surface area contributed by atoms with Crippen molar-refractivity contribution in [1.29, 1.82) is 0 Å². The molecule has 5 amide bonds. The summed E-state index contributed by atoms with van der Waals surface area (Å²) in [7, 11) is 1.63. The van der Waals surface area contributed by atoms with Crippen LogP contribution in [0.4, 0.5) is 15.3 Å². The van der Waals surface area contributed by atoms with Crippen molar-refractivity contribution in [3.8, 4) is 16.9 Å². The molecular weight excluding hydrogens is 468 g/mol. The molecule has 3 fully saturated rings. The van der Waals surface area contributed by atoms with E-state index in [-0.39, 0.29) is 36.5 Å². The van der Waals surface area contributed by atoms with Crippen LogP contribution in [0, 0.1) is 0 Å². The molecule has 3 aromatic carbocycles. The number of nitrogens with one attached hydrogen (secondary N) is 1. The zero-order valence-electron chi connectivity index (χ0n) is 20.5. The summed E-state index contributed by atoms with van der Waals surface area (Å²) in [6.45, 7) is 0.862. The van der Waals surface area contributed by atoms with Gasteiger partial charge < -0.3 is 19.9 Å². The first-order chi connectivity index (χ1) is 18.1. The van der Waals surface area contributed by atoms with Crippen molar-refractivity contribution in [3.05, 3.63) is 84.4 Å². The number of methoxy groups -OCH3 is 1. The van der Waals surface area contributed by atoms with E-state index in [1.54, 1.807) is 16.9 Å². The summed E-state index contributed by atoms with van der Waals surface area (Å²) in [6.07, 6.45) is 0.721. The molecule has 0 aromatic heterocycles. The highest BCUT2D eigenvalue weighted by molar-refractivity contribution is 6.06. The van der Waals surface area contributed by atoms with E-state index >= 15 is 0 Å². The van der Waals surface area contributed by atoms with Crippen LogP contribution >= 0.6 is 0 Å². The Morgan fingerprint density at radius 2 is 1.65 bits per heavy atom. The van der Waals surface area contributed by atoms with Crippen molar-refractivity contribution in [2.75, 3.05) is 32.1 Å². The summed E-state index contributed by atoms with van der Waals surface area (Å²) < 4.78 is 5.48. The molecule has 8 heteroatoms. The maximum absolute atomic E-state index is 13.4. The van der Waals surface area contributed by atoms with Crippen LogP contribution in [0.3, 0.4) is 0 Å². The molecule has 1 saturated carbocycles. The Balaban J connectivity index is 1.15. The Bertz CT molecular complexity index is 1360. The van der Waals surface area contributed by atoms with Gasteiger partial charge >= 0.3 is 12.1 Å². The molecule has 188 valence electrons. The fraction of sp³-hybridized carbons (Fsp3) is 0.276. The first-order valence-electron chi connectivity index (χ1n) is 12.5. The van der Waals surface area contributed by atoms with Gasteiger partial charge in [-0.25, -0.2) is 9.59 Å². The Morgan fingerprint density at radius 1 is 0.919 bits per heavy atom. The Hall–Kier alpha value is -4.33. The molecule has 3 atom stereocenters. The van der Waals surface area contributed by atoms with E-state index in [2.05, 4.69) is 5.32 Å². The molecule has 6 rings (SSSR count). The van der Waals surface area contributed by atoms with Crippen LogP contribution < -0.4 is 10.1 Å². The lowest BCUT2D eigenvalue weighted by molar-refractivity contribution is -0.129. The van der Waals surface area contributed by atoms with E-state index in [4.69, 9.17) is 4.74 Å². The number of carbonyl (C=O) groups is 3. The van der Waals surface area contributed by atoms with Crippen molar-refractivity contribution < 1.29 is 19.1 Å². The number of amides is 5. The molecule has 2 aliphatic heterocycles. The van der Waals surface area contributed by atoms with Crippen molar-refractivity contribution >= 4 is 23.7 Å². The van der Waals surface area contributed by atoms with Crippen molar-refractivity contribution in [1.82, 2.24) is 14.7 Å². The van der Waals surface area contributed by atoms with Crippen LogP contribution in [0.1, 0.15) is 17.9 Å². The average Bonchev–Trinajstić information content (AvgIpc) is 3.68. The van der Waals surface area contributed by atoms with Gasteiger partial charge in [0, 0.05) is 30.6 Å². The molecule has 0 radical (unpaired) electrons. The number of nitrogens with zero attached hydrogens (tertiary/aromatic N) is 3. The molecule has 2 saturated heterocycles. The number of urea groups is 2. The standard InChI is InChI=1S/C29H28N4O4/c1-37-26-14-8-6-12-21(26)22-17-24(22)33-27(34)25-18-31(15-16-32(25)29(33)36)28(35)30-23-13-7-5-11-20(23)19-9-3-2-4-10-19/h2-14,22,24-25H,15-18H2,1H3,(H,30,35)/t22?,24?,25-/m0/s1. The lowest BCUT2D eigenvalue weighted by atomic mass is 10.0. The van der Waals surface area contributed by atoms with E-state index in [0.717, 1.165) is 28.9 Å². The molecule has 2 unspecified atom stereocenters. The normalized spacial score (nSPS) is 22.6. The Labute approximate surface area is 215 Å². The number of benzene rings is 3. The lowest BCUT2D eigenvalue weighted by Gasteiger charge is -2.35. The van der Waals surface area contributed by atoms with Gasteiger partial charge in [-0.05, 0) is 29.7 Å². The maximum atomic E-state index is 13.4. The molecule has 8 nitrogen and oxygen atoms in total. The van der Waals surface area contributed by atoms with Crippen molar-refractivity contribution in [2.45, 2.75) is 24.4 Å². The van der Waals surface area contributed by atoms with Crippen LogP contribution in [0.2, 0.25) is 0 Å². The highest BCUT2D eigenvalue weighted by atomic mass is 16.5. The second-order valence-electron chi connectivity index (χ2n) is 9.64. The third-order valence-electron chi connectivity index (χ3n) is 7.52. The predicted molar refractivity (Wildman–Crippen MR) is 139 cm³/mol. The Morgan fingerprint density at radius 3 is 2.46 bits per heavy atom. The van der Waals surface area contributed by atoms with Crippen LogP contribution in [0.15, 0.2) is 78.9 Å². The zero-order valence-corrected chi connectivity index (χ0v) is 20.5. The molecular formula is C29H28N4O4. The smallest absolute Gasteiger partial charge is 0.327 e. The monoisotopic (exact) mass is 496 g/mol. The quantitative estimate of drug-likeness (QED) is 0.531. The van der Waals surface area contributed by atoms with Crippen LogP contribution in [0.5, 0.6) is 5.75 Å². The van der Waals surface area contributed by atoms with Crippen LogP contribution in [0.25, 0.3) is 11.1 Å². The summed E-state index contributed by atoms with van der Waals surface area (Å²) in [6, 6.07) is 23.9. The summed E-state index contributed by atoms with van der Waals surface area (Å²) in [5, 5.41) is 3.02. The number of ether oxygens (including phenoxy) is 1. The largest absolute Gasteiger partial charge is 0.496 e. The fourth-order valence-electron chi connectivity index (χ4n) is 5.54. The molecule has 3 aromatic rings. The van der Waals surface area contributed by atoms with E-state index in [1.807, 2.05) is 78.9 Å². The average molecular weight is 497 g/mol. The Kier molecular flexibility index (Phi) is 5.79. The first kappa shape index (κ1) is 23.1. The number of fused-ring (bicyclic) bond motifs is 1. The van der Waals surface area contributed by atoms with E-state index in [0.29, 0.717) is 18.8 Å². The summed E-state index contributed by atoms with van der Waals surface area (Å²) >= 11 is 0. The number of hydrogen-bond acceptors (Lipinski definition) is 4. The third-order valence-corrected chi connectivity index (χ3v) is 7.52. The topological polar surface area (TPSA) is 82.2 Å². The van der Waals surface area contributed by atoms with Gasteiger partial charge in [-0.3, -0.25) is 9.69 Å². The molecule has 3 aliphatic rings. The number of hydrogen-bond donors (Lipinski definition) is 1. The number of rotatable bonds is 5. The predicted octanol–water partition coefficient (Wildman–Crippen LogP) is 4.40. The van der Waals surface area contributed by atoms with Gasteiger partial charge in [0.1, 0.15) is 11.8 Å². The zero-order chi connectivity index (χ0) is 25.5. The van der Waals surface area contributed by atoms with Crippen LogP contribution in [-0.2, 0) is 4.79 Å². The minimum atomic E-state index is -0.657. The molecule has 1 aliphatic carbocycles. The minimum Gasteiger partial charge on any atom is -0.496 e. The number of piperazine rings is 1. The van der Waals surface area contributed by atoms with Gasteiger partial charge in [0.05, 0.1) is 19.3 Å². The second-order valence-corrected chi connectivity index (χ2v) is 9.64. The number of imide groups is 1. The number of anilines is 1. The van der Waals surface area contributed by atoms with Crippen molar-refractivity contribution in [3.63, 3.8) is 0 Å². The lowest BCUT2D eigenvalue weighted by Crippen LogP contribution is -2.55. The number of para-hydroxylation sites is 2. The molecule has 1 N–H and O–H groups in total. The van der Waals surface area contributed by atoms with E-state index in [9.17, 15) is 14.4 Å². The fourth-order valence-corrected chi connectivity index (χ4v) is 5.54.